The molecule has 24 heavy (non-hydrogen) atoms. The average Bonchev–Trinajstić information content (AvgIpc) is 2.60. The fourth-order valence-corrected chi connectivity index (χ4v) is 4.79. The minimum atomic E-state index is -0.277. The zero-order valence-corrected chi connectivity index (χ0v) is 15.5. The van der Waals surface area contributed by atoms with Gasteiger partial charge in [-0.15, -0.1) is 0 Å². The molecule has 2 aliphatic carbocycles. The molecule has 4 unspecified atom stereocenters. The lowest BCUT2D eigenvalue weighted by atomic mass is 9.65. The maximum atomic E-state index is 13.7. The van der Waals surface area contributed by atoms with Crippen molar-refractivity contribution in [1.82, 2.24) is 0 Å². The molecule has 4 atom stereocenters. The minimum absolute atomic E-state index is 0.230. The van der Waals surface area contributed by atoms with Crippen LogP contribution in [0.15, 0.2) is 18.2 Å². The highest BCUT2D eigenvalue weighted by Gasteiger charge is 2.36. The molecule has 0 saturated heterocycles. The molecule has 1 aromatic rings. The van der Waals surface area contributed by atoms with Gasteiger partial charge < -0.3 is 4.74 Å². The first-order valence-corrected chi connectivity index (χ1v) is 10.1. The van der Waals surface area contributed by atoms with Crippen molar-refractivity contribution in [1.29, 1.82) is 0 Å². The number of ether oxygens (including phenoxy) is 1. The summed E-state index contributed by atoms with van der Waals surface area (Å²) in [5.41, 5.74) is 1.13. The van der Waals surface area contributed by atoms with Crippen LogP contribution in [0.25, 0.3) is 0 Å². The predicted octanol–water partition coefficient (Wildman–Crippen LogP) is 6.74. The first kappa shape index (κ1) is 18.2. The molecule has 3 heteroatoms. The number of fused-ring (bicyclic) bond motifs is 1. The molecule has 134 valence electrons. The molecule has 0 spiro atoms. The molecule has 0 heterocycles. The van der Waals surface area contributed by atoms with Gasteiger partial charge in [0.05, 0.1) is 11.1 Å². The van der Waals surface area contributed by atoms with Gasteiger partial charge in [-0.3, -0.25) is 0 Å². The topological polar surface area (TPSA) is 9.23 Å². The number of benzene rings is 1. The lowest BCUT2D eigenvalue weighted by Gasteiger charge is -2.42. The van der Waals surface area contributed by atoms with Crippen LogP contribution >= 0.6 is 11.6 Å². The Morgan fingerprint density at radius 3 is 2.67 bits per heavy atom. The molecule has 0 aliphatic heterocycles. The summed E-state index contributed by atoms with van der Waals surface area (Å²) in [5.74, 6) is 1.82. The van der Waals surface area contributed by atoms with E-state index in [0.29, 0.717) is 12.0 Å². The first-order valence-electron chi connectivity index (χ1n) is 9.74. The zero-order valence-electron chi connectivity index (χ0n) is 14.8. The summed E-state index contributed by atoms with van der Waals surface area (Å²) >= 11 is 5.82. The molecule has 0 radical (unpaired) electrons. The van der Waals surface area contributed by atoms with E-state index in [0.717, 1.165) is 24.0 Å². The lowest BCUT2D eigenvalue weighted by molar-refractivity contribution is -0.0162. The van der Waals surface area contributed by atoms with Crippen molar-refractivity contribution in [2.45, 2.75) is 76.7 Å². The molecule has 1 aromatic carbocycles. The minimum Gasteiger partial charge on any atom is -0.378 e. The third-order valence-electron chi connectivity index (χ3n) is 6.08. The molecule has 0 bridgehead atoms. The van der Waals surface area contributed by atoms with Gasteiger partial charge >= 0.3 is 0 Å². The number of rotatable bonds is 6. The second-order valence-corrected chi connectivity index (χ2v) is 8.12. The summed E-state index contributed by atoms with van der Waals surface area (Å²) in [6.45, 7) is 3.17. The smallest absolute Gasteiger partial charge is 0.142 e. The lowest BCUT2D eigenvalue weighted by Crippen LogP contribution is -2.34. The van der Waals surface area contributed by atoms with Crippen LogP contribution in [0.3, 0.4) is 0 Å². The number of hydrogen-bond acceptors (Lipinski definition) is 1. The highest BCUT2D eigenvalue weighted by atomic mass is 35.5. The van der Waals surface area contributed by atoms with Crippen LogP contribution in [0.2, 0.25) is 5.02 Å². The second kappa shape index (κ2) is 8.67. The Bertz CT molecular complexity index is 533. The van der Waals surface area contributed by atoms with Crippen molar-refractivity contribution in [3.63, 3.8) is 0 Å². The van der Waals surface area contributed by atoms with Crippen molar-refractivity contribution in [2.75, 3.05) is 6.61 Å². The Morgan fingerprint density at radius 1 is 1.08 bits per heavy atom. The Balaban J connectivity index is 1.50. The summed E-state index contributed by atoms with van der Waals surface area (Å²) < 4.78 is 19.9. The van der Waals surface area contributed by atoms with Crippen LogP contribution in [-0.4, -0.2) is 12.7 Å². The Labute approximate surface area is 150 Å². The molecule has 0 N–H and O–H groups in total. The summed E-state index contributed by atoms with van der Waals surface area (Å²) in [5, 5.41) is 0.230. The van der Waals surface area contributed by atoms with Gasteiger partial charge in [-0.2, -0.15) is 0 Å². The molecular formula is C21H30ClFO. The Hall–Kier alpha value is -0.600. The third-order valence-corrected chi connectivity index (χ3v) is 6.39. The second-order valence-electron chi connectivity index (χ2n) is 7.72. The van der Waals surface area contributed by atoms with E-state index < -0.39 is 0 Å². The van der Waals surface area contributed by atoms with Gasteiger partial charge in [0.25, 0.3) is 0 Å². The van der Waals surface area contributed by atoms with Gasteiger partial charge in [0.15, 0.2) is 0 Å². The monoisotopic (exact) mass is 352 g/mol. The summed E-state index contributed by atoms with van der Waals surface area (Å²) in [6, 6.07) is 5.37. The molecule has 0 amide bonds. The van der Waals surface area contributed by atoms with Crippen molar-refractivity contribution in [3.05, 3.63) is 34.6 Å². The molecule has 2 fully saturated rings. The highest BCUT2D eigenvalue weighted by molar-refractivity contribution is 6.30. The Morgan fingerprint density at radius 2 is 1.88 bits per heavy atom. The van der Waals surface area contributed by atoms with E-state index in [1.807, 2.05) is 6.07 Å². The standard InChI is InChI=1S/C21H30ClFO/c1-2-3-4-11-24-19-9-7-16-12-15(5-6-17(16)13-19)18-8-10-20(22)21(23)14-18/h8,10,14-17,19H,2-7,9,11-13H2,1H3. The number of halogens is 2. The third kappa shape index (κ3) is 4.52. The van der Waals surface area contributed by atoms with Crippen molar-refractivity contribution in [3.8, 4) is 0 Å². The number of hydrogen-bond donors (Lipinski definition) is 0. The van der Waals surface area contributed by atoms with E-state index in [1.54, 1.807) is 12.1 Å². The van der Waals surface area contributed by atoms with Gasteiger partial charge in [0.2, 0.25) is 0 Å². The summed E-state index contributed by atoms with van der Waals surface area (Å²) in [4.78, 5) is 0. The molecular weight excluding hydrogens is 323 g/mol. The number of unbranched alkanes of at least 4 members (excludes halogenated alkanes) is 2. The van der Waals surface area contributed by atoms with Crippen LogP contribution in [0.1, 0.15) is 76.2 Å². The van der Waals surface area contributed by atoms with Crippen LogP contribution in [0, 0.1) is 17.7 Å². The largest absolute Gasteiger partial charge is 0.378 e. The molecule has 0 aromatic heterocycles. The Kier molecular flexibility index (Phi) is 6.57. The van der Waals surface area contributed by atoms with Gasteiger partial charge in [0, 0.05) is 6.61 Å². The van der Waals surface area contributed by atoms with Crippen molar-refractivity contribution in [2.24, 2.45) is 11.8 Å². The maximum absolute atomic E-state index is 13.7. The van der Waals surface area contributed by atoms with Crippen molar-refractivity contribution >= 4 is 11.6 Å². The van der Waals surface area contributed by atoms with Crippen LogP contribution in [-0.2, 0) is 4.74 Å². The fourth-order valence-electron chi connectivity index (χ4n) is 4.67. The van der Waals surface area contributed by atoms with E-state index in [4.69, 9.17) is 16.3 Å². The van der Waals surface area contributed by atoms with Gasteiger partial charge in [-0.05, 0) is 80.4 Å². The van der Waals surface area contributed by atoms with Crippen LogP contribution in [0.4, 0.5) is 4.39 Å². The van der Waals surface area contributed by atoms with Crippen LogP contribution in [0.5, 0.6) is 0 Å². The molecule has 2 aliphatic rings. The zero-order chi connectivity index (χ0) is 16.9. The van der Waals surface area contributed by atoms with E-state index >= 15 is 0 Å². The average molecular weight is 353 g/mol. The molecule has 3 rings (SSSR count). The highest BCUT2D eigenvalue weighted by Crippen LogP contribution is 2.46. The fraction of sp³-hybridized carbons (Fsp3) is 0.714. The van der Waals surface area contributed by atoms with E-state index in [-0.39, 0.29) is 10.8 Å². The van der Waals surface area contributed by atoms with Crippen LogP contribution < -0.4 is 0 Å². The van der Waals surface area contributed by atoms with E-state index in [9.17, 15) is 4.39 Å². The molecule has 2 saturated carbocycles. The van der Waals surface area contributed by atoms with Gasteiger partial charge in [-0.1, -0.05) is 37.4 Å². The van der Waals surface area contributed by atoms with Gasteiger partial charge in [0.1, 0.15) is 5.82 Å². The van der Waals surface area contributed by atoms with E-state index in [2.05, 4.69) is 6.92 Å². The summed E-state index contributed by atoms with van der Waals surface area (Å²) in [6.07, 6.45) is 11.6. The first-order chi connectivity index (χ1) is 11.7. The van der Waals surface area contributed by atoms with Crippen molar-refractivity contribution < 1.29 is 9.13 Å². The maximum Gasteiger partial charge on any atom is 0.142 e. The quantitative estimate of drug-likeness (QED) is 0.515. The molecule has 1 nitrogen and oxygen atoms in total. The van der Waals surface area contributed by atoms with Gasteiger partial charge in [-0.25, -0.2) is 4.39 Å². The predicted molar refractivity (Wildman–Crippen MR) is 98.1 cm³/mol. The SMILES string of the molecule is CCCCCOC1CCC2CC(c3ccc(Cl)c(F)c3)CCC2C1. The normalized spacial score (nSPS) is 30.1. The summed E-state index contributed by atoms with van der Waals surface area (Å²) in [7, 11) is 0. The van der Waals surface area contributed by atoms with E-state index in [1.165, 1.54) is 57.8 Å².